The van der Waals surface area contributed by atoms with Gasteiger partial charge in [0.25, 0.3) is 0 Å². The van der Waals surface area contributed by atoms with E-state index in [1.807, 2.05) is 0 Å². The Labute approximate surface area is 159 Å². The van der Waals surface area contributed by atoms with Gasteiger partial charge in [-0.1, -0.05) is 30.7 Å². The second-order valence-corrected chi connectivity index (χ2v) is 8.27. The van der Waals surface area contributed by atoms with Gasteiger partial charge in [0.05, 0.1) is 18.3 Å². The first-order valence-electron chi connectivity index (χ1n) is 10.3. The first-order valence-corrected chi connectivity index (χ1v) is 10.3. The Morgan fingerprint density at radius 3 is 3.00 bits per heavy atom. The van der Waals surface area contributed by atoms with Gasteiger partial charge in [-0.25, -0.2) is 4.98 Å². The van der Waals surface area contributed by atoms with Gasteiger partial charge in [-0.2, -0.15) is 0 Å². The summed E-state index contributed by atoms with van der Waals surface area (Å²) in [6, 6.07) is 0.323. The highest BCUT2D eigenvalue weighted by atomic mass is 15.2. The number of hydrogen-bond acceptors (Lipinski definition) is 4. The molecule has 1 unspecified atom stereocenters. The summed E-state index contributed by atoms with van der Waals surface area (Å²) < 4.78 is 2.34. The van der Waals surface area contributed by atoms with Gasteiger partial charge in [0.2, 0.25) is 0 Å². The average molecular weight is 359 g/mol. The minimum Gasteiger partial charge on any atom is -0.382 e. The molecule has 2 atom stereocenters. The molecule has 1 aromatic rings. The fourth-order valence-corrected chi connectivity index (χ4v) is 5.13. The molecule has 0 aromatic carbocycles. The molecule has 0 saturated heterocycles. The second kappa shape index (κ2) is 5.72. The van der Waals surface area contributed by atoms with Gasteiger partial charge in [0, 0.05) is 29.7 Å². The molecule has 138 valence electrons. The number of nitrogens with two attached hydrogens (primary N) is 1. The van der Waals surface area contributed by atoms with E-state index in [2.05, 4.69) is 45.3 Å². The molecule has 27 heavy (non-hydrogen) atoms. The summed E-state index contributed by atoms with van der Waals surface area (Å²) in [5, 5.41) is 3.71. The number of hydrogen-bond donors (Lipinski definition) is 2. The van der Waals surface area contributed by atoms with Crippen molar-refractivity contribution in [2.45, 2.75) is 50.6 Å². The van der Waals surface area contributed by atoms with Gasteiger partial charge >= 0.3 is 0 Å². The van der Waals surface area contributed by atoms with Crippen molar-refractivity contribution in [2.24, 2.45) is 16.6 Å². The molecular formula is C22H25N5. The summed E-state index contributed by atoms with van der Waals surface area (Å²) in [5.74, 6) is 2.93. The molecule has 0 amide bonds. The lowest BCUT2D eigenvalue weighted by molar-refractivity contribution is 0.386. The van der Waals surface area contributed by atoms with E-state index < -0.39 is 0 Å². The normalized spacial score (nSPS) is 28.7. The summed E-state index contributed by atoms with van der Waals surface area (Å²) >= 11 is 0. The van der Waals surface area contributed by atoms with Crippen molar-refractivity contribution < 1.29 is 0 Å². The Morgan fingerprint density at radius 2 is 2.15 bits per heavy atom. The Balaban J connectivity index is 1.41. The van der Waals surface area contributed by atoms with E-state index in [1.54, 1.807) is 5.57 Å². The van der Waals surface area contributed by atoms with Gasteiger partial charge in [-0.15, -0.1) is 0 Å². The first kappa shape index (κ1) is 15.5. The number of allylic oxidation sites excluding steroid dienone is 4. The van der Waals surface area contributed by atoms with Crippen LogP contribution in [0.2, 0.25) is 0 Å². The van der Waals surface area contributed by atoms with Gasteiger partial charge in [0.15, 0.2) is 0 Å². The predicted octanol–water partition coefficient (Wildman–Crippen LogP) is 3.01. The summed E-state index contributed by atoms with van der Waals surface area (Å²) in [4.78, 5) is 9.64. The molecule has 3 heterocycles. The Kier molecular flexibility index (Phi) is 3.28. The number of aliphatic imine (C=N–C) groups is 1. The van der Waals surface area contributed by atoms with Crippen molar-refractivity contribution in [3.63, 3.8) is 0 Å². The monoisotopic (exact) mass is 359 g/mol. The van der Waals surface area contributed by atoms with Crippen LogP contribution < -0.4 is 11.1 Å². The Hall–Kier alpha value is -2.56. The molecule has 3 aliphatic carbocycles. The summed E-state index contributed by atoms with van der Waals surface area (Å²) in [6.07, 6.45) is 17.6. The molecule has 5 aliphatic rings. The predicted molar refractivity (Wildman–Crippen MR) is 107 cm³/mol. The maximum Gasteiger partial charge on any atom is 0.145 e. The van der Waals surface area contributed by atoms with Gasteiger partial charge in [-0.05, 0) is 37.3 Å². The van der Waals surface area contributed by atoms with Crippen molar-refractivity contribution in [3.05, 3.63) is 58.9 Å². The van der Waals surface area contributed by atoms with E-state index in [0.29, 0.717) is 23.7 Å². The van der Waals surface area contributed by atoms with Crippen molar-refractivity contribution in [1.29, 1.82) is 0 Å². The largest absolute Gasteiger partial charge is 0.382 e. The van der Waals surface area contributed by atoms with Crippen LogP contribution in [0.5, 0.6) is 0 Å². The third kappa shape index (κ3) is 2.23. The van der Waals surface area contributed by atoms with Gasteiger partial charge < -0.3 is 15.6 Å². The van der Waals surface area contributed by atoms with Crippen LogP contribution >= 0.6 is 0 Å². The number of imidazole rings is 1. The van der Waals surface area contributed by atoms with E-state index in [-0.39, 0.29) is 0 Å². The first-order chi connectivity index (χ1) is 13.3. The molecule has 0 bridgehead atoms. The molecule has 5 nitrogen and oxygen atoms in total. The minimum absolute atomic E-state index is 0.323. The van der Waals surface area contributed by atoms with Crippen LogP contribution in [-0.2, 0) is 6.54 Å². The quantitative estimate of drug-likeness (QED) is 0.853. The standard InChI is InChI=1S/C22H25N5/c23-21-20-19(26-22(13-4-3-5-13)27(20)11-10-24-21)14-8-9-16-15-6-1-2-7-17(15)25-18(16)12-14/h2,7-9,12-13,16,18,25H,1,3-6,10-11H2,(H2,23,24)/t16-,18?/m0/s1. The minimum atomic E-state index is 0.323. The zero-order valence-corrected chi connectivity index (χ0v) is 15.5. The van der Waals surface area contributed by atoms with Crippen molar-refractivity contribution in [2.75, 3.05) is 6.54 Å². The zero-order chi connectivity index (χ0) is 18.0. The summed E-state index contributed by atoms with van der Waals surface area (Å²) in [5.41, 5.74) is 12.4. The molecule has 6 rings (SSSR count). The second-order valence-electron chi connectivity index (χ2n) is 8.27. The van der Waals surface area contributed by atoms with E-state index in [4.69, 9.17) is 10.7 Å². The Morgan fingerprint density at radius 1 is 1.22 bits per heavy atom. The van der Waals surface area contributed by atoms with E-state index >= 15 is 0 Å². The van der Waals surface area contributed by atoms with Crippen molar-refractivity contribution in [3.8, 4) is 0 Å². The highest BCUT2D eigenvalue weighted by molar-refractivity contribution is 6.01. The molecule has 1 aromatic heterocycles. The molecular weight excluding hydrogens is 334 g/mol. The van der Waals surface area contributed by atoms with Crippen LogP contribution in [0.25, 0.3) is 5.57 Å². The summed E-state index contributed by atoms with van der Waals surface area (Å²) in [6.45, 7) is 1.66. The molecule has 2 aliphatic heterocycles. The molecule has 3 N–H and O–H groups in total. The highest BCUT2D eigenvalue weighted by Gasteiger charge is 2.35. The fourth-order valence-electron chi connectivity index (χ4n) is 5.13. The molecule has 1 fully saturated rings. The topological polar surface area (TPSA) is 68.2 Å². The van der Waals surface area contributed by atoms with Gasteiger partial charge in [0.1, 0.15) is 17.4 Å². The third-order valence-electron chi connectivity index (χ3n) is 6.75. The zero-order valence-electron chi connectivity index (χ0n) is 15.5. The number of nitrogens with one attached hydrogen (secondary N) is 1. The molecule has 5 heteroatoms. The lowest BCUT2D eigenvalue weighted by Gasteiger charge is -2.26. The average Bonchev–Trinajstić information content (AvgIpc) is 3.19. The third-order valence-corrected chi connectivity index (χ3v) is 6.75. The van der Waals surface area contributed by atoms with E-state index in [9.17, 15) is 0 Å². The smallest absolute Gasteiger partial charge is 0.145 e. The van der Waals surface area contributed by atoms with Gasteiger partial charge in [-0.3, -0.25) is 4.99 Å². The van der Waals surface area contributed by atoms with Crippen LogP contribution in [0.1, 0.15) is 55.2 Å². The maximum atomic E-state index is 6.33. The SMILES string of the molecule is NC1=NCCn2c(C3CCC3)nc(C3=CC4NC5=C(CCC=C5)[C@@H]4C=C3)c21. The number of amidine groups is 1. The lowest BCUT2D eigenvalue weighted by atomic mass is 9.84. The van der Waals surface area contributed by atoms with Crippen LogP contribution in [-0.4, -0.2) is 28.0 Å². The molecule has 0 radical (unpaired) electrons. The van der Waals surface area contributed by atoms with E-state index in [0.717, 1.165) is 30.9 Å². The summed E-state index contributed by atoms with van der Waals surface area (Å²) in [7, 11) is 0. The van der Waals surface area contributed by atoms with E-state index in [1.165, 1.54) is 42.8 Å². The lowest BCUT2D eigenvalue weighted by Crippen LogP contribution is -2.29. The van der Waals surface area contributed by atoms with Crippen LogP contribution in [0.15, 0.2) is 46.6 Å². The number of rotatable bonds is 2. The van der Waals surface area contributed by atoms with Crippen molar-refractivity contribution in [1.82, 2.24) is 14.9 Å². The maximum absolute atomic E-state index is 6.33. The van der Waals surface area contributed by atoms with Crippen LogP contribution in [0, 0.1) is 5.92 Å². The number of fused-ring (bicyclic) bond motifs is 3. The number of aromatic nitrogens is 2. The van der Waals surface area contributed by atoms with Crippen molar-refractivity contribution >= 4 is 11.4 Å². The van der Waals surface area contributed by atoms with Crippen LogP contribution in [0.4, 0.5) is 0 Å². The van der Waals surface area contributed by atoms with Crippen LogP contribution in [0.3, 0.4) is 0 Å². The fraction of sp³-hybridized carbons (Fsp3) is 0.455. The molecule has 0 spiro atoms. The molecule has 1 saturated carbocycles. The Bertz CT molecular complexity index is 967. The number of nitrogens with zero attached hydrogens (tertiary/aromatic N) is 3. The highest BCUT2D eigenvalue weighted by Crippen LogP contribution is 2.41.